The molecule has 2 heterocycles. The van der Waals surface area contributed by atoms with E-state index in [0.717, 1.165) is 25.9 Å². The maximum absolute atomic E-state index is 2.69. The highest BCUT2D eigenvalue weighted by Gasteiger charge is 2.42. The predicted molar refractivity (Wildman–Crippen MR) is 271 cm³/mol. The summed E-state index contributed by atoms with van der Waals surface area (Å²) in [6, 6.07) is 36.4. The maximum atomic E-state index is 2.69. The van der Waals surface area contributed by atoms with Crippen molar-refractivity contribution in [2.45, 2.75) is 144 Å². The largest absolute Gasteiger partial charge is 0.344 e. The minimum atomic E-state index is -0.111. The number of fused-ring (bicyclic) bond motifs is 2. The van der Waals surface area contributed by atoms with Crippen LogP contribution < -0.4 is 14.4 Å². The molecule has 0 spiro atoms. The van der Waals surface area contributed by atoms with Crippen LogP contribution in [0.1, 0.15) is 142 Å². The standard InChI is InChI=1S/C59H76N3/c1-11-15-23-45(13-3)41-60-53-35-29-43(5)39-51(53)58(7,8)55(60)37-33-47-31-32-48(57(47)62(49-25-19-17-20-26-49)50-27-21-18-22-28-50)34-38-56-59(9,10)52-40-44(6)30-36-54(52)61(56)42-46(14-4)24-16-12-2/h17-22,25-30,33-40,45-46H,11-16,23-24,31-32,41-42H2,1-10H3/q+1. The Bertz CT molecular complexity index is 2170. The highest BCUT2D eigenvalue weighted by Crippen LogP contribution is 2.50. The molecule has 0 aromatic heterocycles. The van der Waals surface area contributed by atoms with Crippen LogP contribution in [0.4, 0.5) is 22.7 Å². The van der Waals surface area contributed by atoms with Crippen molar-refractivity contribution in [1.82, 2.24) is 4.58 Å². The minimum absolute atomic E-state index is 0.111. The summed E-state index contributed by atoms with van der Waals surface area (Å²) >= 11 is 0. The molecule has 0 N–H and O–H groups in total. The zero-order chi connectivity index (χ0) is 44.0. The van der Waals surface area contributed by atoms with Gasteiger partial charge in [0.25, 0.3) is 0 Å². The van der Waals surface area contributed by atoms with Crippen molar-refractivity contribution < 1.29 is 0 Å². The number of aryl methyl sites for hydroxylation is 2. The van der Waals surface area contributed by atoms with Gasteiger partial charge in [-0.1, -0.05) is 178 Å². The van der Waals surface area contributed by atoms with Gasteiger partial charge in [-0.2, -0.15) is 4.58 Å². The molecule has 0 amide bonds. The van der Waals surface area contributed by atoms with Crippen molar-refractivity contribution in [2.75, 3.05) is 22.9 Å². The van der Waals surface area contributed by atoms with Crippen LogP contribution >= 0.6 is 0 Å². The van der Waals surface area contributed by atoms with Crippen molar-refractivity contribution in [3.05, 3.63) is 166 Å². The number of hydrogen-bond acceptors (Lipinski definition) is 2. The van der Waals surface area contributed by atoms with Crippen molar-refractivity contribution in [3.8, 4) is 0 Å². The Labute approximate surface area is 376 Å². The van der Waals surface area contributed by atoms with Gasteiger partial charge in [-0.3, -0.25) is 0 Å². The highest BCUT2D eigenvalue weighted by atomic mass is 15.2. The fourth-order valence-corrected chi connectivity index (χ4v) is 10.6. The molecule has 326 valence electrons. The molecule has 7 rings (SSSR count). The fraction of sp³-hybridized carbons (Fsp3) is 0.441. The summed E-state index contributed by atoms with van der Waals surface area (Å²) in [7, 11) is 0. The average molecular weight is 827 g/mol. The van der Waals surface area contributed by atoms with Crippen LogP contribution in [0.25, 0.3) is 0 Å². The van der Waals surface area contributed by atoms with Crippen molar-refractivity contribution in [1.29, 1.82) is 0 Å². The minimum Gasteiger partial charge on any atom is -0.344 e. The molecule has 3 nitrogen and oxygen atoms in total. The van der Waals surface area contributed by atoms with Gasteiger partial charge in [0, 0.05) is 82.1 Å². The second-order valence-corrected chi connectivity index (χ2v) is 19.7. The molecule has 1 saturated carbocycles. The first-order chi connectivity index (χ1) is 29.9. The number of para-hydroxylation sites is 2. The van der Waals surface area contributed by atoms with Crippen molar-refractivity contribution >= 4 is 28.5 Å². The number of hydrogen-bond donors (Lipinski definition) is 0. The maximum Gasteiger partial charge on any atom is 0.218 e. The Morgan fingerprint density at radius 2 is 0.952 bits per heavy atom. The second kappa shape index (κ2) is 19.7. The summed E-state index contributed by atoms with van der Waals surface area (Å²) in [4.78, 5) is 5.38. The van der Waals surface area contributed by atoms with Gasteiger partial charge < -0.3 is 9.80 Å². The highest BCUT2D eigenvalue weighted by molar-refractivity contribution is 6.17. The normalized spacial score (nSPS) is 20.1. The molecule has 2 atom stereocenters. The van der Waals surface area contributed by atoms with Gasteiger partial charge >= 0.3 is 0 Å². The second-order valence-electron chi connectivity index (χ2n) is 19.7. The fourth-order valence-electron chi connectivity index (χ4n) is 10.6. The summed E-state index contributed by atoms with van der Waals surface area (Å²) in [5, 5.41) is 0. The van der Waals surface area contributed by atoms with Gasteiger partial charge in [0.15, 0.2) is 0 Å². The molecular weight excluding hydrogens is 751 g/mol. The number of allylic oxidation sites excluding steroid dienone is 8. The number of rotatable bonds is 16. The van der Waals surface area contributed by atoms with Crippen LogP contribution in [0.2, 0.25) is 0 Å². The molecule has 0 saturated heterocycles. The van der Waals surface area contributed by atoms with Crippen LogP contribution in [0.5, 0.6) is 0 Å². The molecule has 1 aliphatic carbocycles. The molecule has 62 heavy (non-hydrogen) atoms. The Morgan fingerprint density at radius 1 is 0.548 bits per heavy atom. The molecule has 1 fully saturated rings. The van der Waals surface area contributed by atoms with E-state index in [0.29, 0.717) is 11.8 Å². The summed E-state index contributed by atoms with van der Waals surface area (Å²) in [5.41, 5.74) is 17.4. The lowest BCUT2D eigenvalue weighted by atomic mass is 9.83. The summed E-state index contributed by atoms with van der Waals surface area (Å²) in [6.07, 6.45) is 22.0. The van der Waals surface area contributed by atoms with E-state index < -0.39 is 0 Å². The molecule has 4 aromatic carbocycles. The third-order valence-corrected chi connectivity index (χ3v) is 14.5. The SMILES string of the molecule is CCCCC(CC)CN1C(=C/C=C2\CC/C(=C\C=C3N(CC(CC)CCCC)c4ccc(C)cc4C3(C)C)C2=[N+](c2ccccc2)c2ccccc2)C(C)(C)c2cc(C)ccc21. The van der Waals surface area contributed by atoms with E-state index in [9.17, 15) is 0 Å². The molecule has 2 unspecified atom stereocenters. The van der Waals surface area contributed by atoms with Gasteiger partial charge in [0.2, 0.25) is 17.1 Å². The van der Waals surface area contributed by atoms with E-state index in [4.69, 9.17) is 0 Å². The van der Waals surface area contributed by atoms with E-state index in [-0.39, 0.29) is 10.8 Å². The van der Waals surface area contributed by atoms with Gasteiger partial charge in [0.05, 0.1) is 0 Å². The Kier molecular flexibility index (Phi) is 14.3. The third-order valence-electron chi connectivity index (χ3n) is 14.5. The number of benzene rings is 4. The molecular formula is C59H76N3+. The predicted octanol–water partition coefficient (Wildman–Crippen LogP) is 16.0. The zero-order valence-electron chi connectivity index (χ0n) is 40.0. The Morgan fingerprint density at radius 3 is 1.32 bits per heavy atom. The van der Waals surface area contributed by atoms with E-state index in [1.165, 1.54) is 125 Å². The molecule has 0 radical (unpaired) electrons. The average Bonchev–Trinajstić information content (AvgIpc) is 3.83. The number of anilines is 2. The topological polar surface area (TPSA) is 9.49 Å². The molecule has 3 heteroatoms. The quantitative estimate of drug-likeness (QED) is 0.104. The van der Waals surface area contributed by atoms with Crippen LogP contribution in [-0.4, -0.2) is 18.8 Å². The van der Waals surface area contributed by atoms with E-state index >= 15 is 0 Å². The van der Waals surface area contributed by atoms with Crippen LogP contribution in [0.15, 0.2) is 144 Å². The molecule has 2 aliphatic heterocycles. The van der Waals surface area contributed by atoms with Crippen molar-refractivity contribution in [3.63, 3.8) is 0 Å². The zero-order valence-corrected chi connectivity index (χ0v) is 40.0. The lowest BCUT2D eigenvalue weighted by molar-refractivity contribution is 0.450. The van der Waals surface area contributed by atoms with Crippen LogP contribution in [0, 0.1) is 25.7 Å². The Balaban J connectivity index is 1.41. The van der Waals surface area contributed by atoms with Crippen molar-refractivity contribution in [2.24, 2.45) is 11.8 Å². The lowest BCUT2D eigenvalue weighted by Crippen LogP contribution is -2.30. The monoisotopic (exact) mass is 827 g/mol. The molecule has 0 bridgehead atoms. The lowest BCUT2D eigenvalue weighted by Gasteiger charge is -2.30. The van der Waals surface area contributed by atoms with Gasteiger partial charge in [-0.15, -0.1) is 0 Å². The number of unbranched alkanes of at least 4 members (excludes halogenated alkanes) is 2. The third kappa shape index (κ3) is 9.25. The first-order valence-corrected chi connectivity index (χ1v) is 24.3. The smallest absolute Gasteiger partial charge is 0.218 e. The summed E-state index contributed by atoms with van der Waals surface area (Å²) < 4.78 is 2.53. The van der Waals surface area contributed by atoms with Crippen LogP contribution in [-0.2, 0) is 10.8 Å². The Hall–Kier alpha value is -4.89. The summed E-state index contributed by atoms with van der Waals surface area (Å²) in [6.45, 7) is 25.8. The van der Waals surface area contributed by atoms with Gasteiger partial charge in [0.1, 0.15) is 0 Å². The van der Waals surface area contributed by atoms with Crippen LogP contribution in [0.3, 0.4) is 0 Å². The first-order valence-electron chi connectivity index (χ1n) is 24.3. The first kappa shape index (κ1) is 45.1. The summed E-state index contributed by atoms with van der Waals surface area (Å²) in [5.74, 6) is 1.32. The molecule has 3 aliphatic rings. The van der Waals surface area contributed by atoms with E-state index in [1.54, 1.807) is 0 Å². The number of nitrogens with zero attached hydrogens (tertiary/aromatic N) is 3. The van der Waals surface area contributed by atoms with Gasteiger partial charge in [-0.25, -0.2) is 0 Å². The van der Waals surface area contributed by atoms with E-state index in [2.05, 4.69) is 205 Å². The van der Waals surface area contributed by atoms with E-state index in [1.807, 2.05) is 0 Å². The molecule has 4 aromatic rings. The van der Waals surface area contributed by atoms with Gasteiger partial charge in [-0.05, 0) is 86.8 Å².